The molecule has 0 bridgehead atoms. The number of fused-ring (bicyclic) bond motifs is 1. The lowest BCUT2D eigenvalue weighted by atomic mass is 9.95. The number of rotatable bonds is 3. The van der Waals surface area contributed by atoms with Crippen molar-refractivity contribution >= 4 is 5.69 Å². The third-order valence-corrected chi connectivity index (χ3v) is 4.90. The fraction of sp³-hybridized carbons (Fsp3) is 0.647. The van der Waals surface area contributed by atoms with Crippen LogP contribution in [-0.4, -0.2) is 43.7 Å². The molecule has 20 heavy (non-hydrogen) atoms. The minimum Gasteiger partial charge on any atom is -0.497 e. The zero-order chi connectivity index (χ0) is 13.9. The van der Waals surface area contributed by atoms with E-state index in [-0.39, 0.29) is 0 Å². The summed E-state index contributed by atoms with van der Waals surface area (Å²) in [5.41, 5.74) is 1.32. The van der Waals surface area contributed by atoms with Gasteiger partial charge < -0.3 is 9.64 Å². The van der Waals surface area contributed by atoms with Crippen LogP contribution in [0.3, 0.4) is 0 Å². The Balaban J connectivity index is 1.82. The molecule has 2 saturated heterocycles. The molecule has 0 aliphatic carbocycles. The van der Waals surface area contributed by atoms with Crippen LogP contribution >= 0.6 is 0 Å². The van der Waals surface area contributed by atoms with Crippen LogP contribution in [0.5, 0.6) is 5.75 Å². The Morgan fingerprint density at radius 1 is 1.25 bits per heavy atom. The normalized spacial score (nSPS) is 27.2. The zero-order valence-corrected chi connectivity index (χ0v) is 12.7. The molecule has 2 fully saturated rings. The highest BCUT2D eigenvalue weighted by molar-refractivity contribution is 5.52. The molecule has 0 aromatic heterocycles. The number of nitrogens with zero attached hydrogens (tertiary/aromatic N) is 2. The number of piperazine rings is 1. The predicted octanol–water partition coefficient (Wildman–Crippen LogP) is 3.15. The minimum atomic E-state index is 0.636. The summed E-state index contributed by atoms with van der Waals surface area (Å²) in [6.45, 7) is 6.00. The quantitative estimate of drug-likeness (QED) is 0.842. The largest absolute Gasteiger partial charge is 0.497 e. The topological polar surface area (TPSA) is 15.7 Å². The molecule has 2 aliphatic heterocycles. The van der Waals surface area contributed by atoms with Crippen molar-refractivity contribution in [2.75, 3.05) is 31.6 Å². The van der Waals surface area contributed by atoms with Crippen molar-refractivity contribution in [3.8, 4) is 5.75 Å². The molecule has 1 aromatic carbocycles. The van der Waals surface area contributed by atoms with Gasteiger partial charge in [0.1, 0.15) is 5.75 Å². The van der Waals surface area contributed by atoms with Gasteiger partial charge in [-0.3, -0.25) is 4.90 Å². The highest BCUT2D eigenvalue weighted by Crippen LogP contribution is 2.30. The SMILES string of the molecule is CCC1CN2CCCCC2CN1c1cccc(OC)c1. The molecule has 0 radical (unpaired) electrons. The summed E-state index contributed by atoms with van der Waals surface area (Å²) in [7, 11) is 1.75. The molecule has 0 saturated carbocycles. The van der Waals surface area contributed by atoms with Crippen LogP contribution in [0.2, 0.25) is 0 Å². The summed E-state index contributed by atoms with van der Waals surface area (Å²) in [6.07, 6.45) is 5.34. The van der Waals surface area contributed by atoms with Crippen molar-refractivity contribution in [3.05, 3.63) is 24.3 Å². The third kappa shape index (κ3) is 2.64. The number of benzene rings is 1. The zero-order valence-electron chi connectivity index (χ0n) is 12.7. The fourth-order valence-corrected chi connectivity index (χ4v) is 3.71. The lowest BCUT2D eigenvalue weighted by Gasteiger charge is -2.49. The van der Waals surface area contributed by atoms with Gasteiger partial charge in [0.2, 0.25) is 0 Å². The minimum absolute atomic E-state index is 0.636. The highest BCUT2D eigenvalue weighted by Gasteiger charge is 2.34. The summed E-state index contributed by atoms with van der Waals surface area (Å²) >= 11 is 0. The lowest BCUT2D eigenvalue weighted by molar-refractivity contribution is 0.111. The summed E-state index contributed by atoms with van der Waals surface area (Å²) < 4.78 is 5.38. The van der Waals surface area contributed by atoms with Crippen molar-refractivity contribution in [2.24, 2.45) is 0 Å². The van der Waals surface area contributed by atoms with E-state index in [0.29, 0.717) is 6.04 Å². The molecule has 3 nitrogen and oxygen atoms in total. The molecular weight excluding hydrogens is 248 g/mol. The molecule has 1 aromatic rings. The lowest BCUT2D eigenvalue weighted by Crippen LogP contribution is -2.59. The highest BCUT2D eigenvalue weighted by atomic mass is 16.5. The van der Waals surface area contributed by atoms with Gasteiger partial charge in [-0.2, -0.15) is 0 Å². The van der Waals surface area contributed by atoms with E-state index >= 15 is 0 Å². The Bertz CT molecular complexity index is 448. The van der Waals surface area contributed by atoms with Crippen LogP contribution in [0.25, 0.3) is 0 Å². The van der Waals surface area contributed by atoms with Gasteiger partial charge in [-0.15, -0.1) is 0 Å². The summed E-state index contributed by atoms with van der Waals surface area (Å²) in [5.74, 6) is 0.962. The van der Waals surface area contributed by atoms with E-state index in [1.54, 1.807) is 7.11 Å². The first-order valence-electron chi connectivity index (χ1n) is 7.96. The molecule has 2 unspecified atom stereocenters. The van der Waals surface area contributed by atoms with E-state index < -0.39 is 0 Å². The first-order valence-corrected chi connectivity index (χ1v) is 7.96. The number of ether oxygens (including phenoxy) is 1. The van der Waals surface area contributed by atoms with E-state index in [0.717, 1.165) is 11.8 Å². The van der Waals surface area contributed by atoms with Crippen molar-refractivity contribution in [3.63, 3.8) is 0 Å². The van der Waals surface area contributed by atoms with Gasteiger partial charge >= 0.3 is 0 Å². The first-order chi connectivity index (χ1) is 9.81. The number of anilines is 1. The second-order valence-electron chi connectivity index (χ2n) is 6.06. The van der Waals surface area contributed by atoms with Gasteiger partial charge in [0.25, 0.3) is 0 Å². The molecule has 3 heteroatoms. The van der Waals surface area contributed by atoms with E-state index in [2.05, 4.69) is 34.9 Å². The van der Waals surface area contributed by atoms with Gasteiger partial charge in [-0.25, -0.2) is 0 Å². The van der Waals surface area contributed by atoms with Crippen molar-refractivity contribution in [2.45, 2.75) is 44.7 Å². The van der Waals surface area contributed by atoms with Gasteiger partial charge in [-0.1, -0.05) is 19.4 Å². The van der Waals surface area contributed by atoms with E-state index in [4.69, 9.17) is 4.74 Å². The number of hydrogen-bond donors (Lipinski definition) is 0. The van der Waals surface area contributed by atoms with Crippen LogP contribution in [0.4, 0.5) is 5.69 Å². The smallest absolute Gasteiger partial charge is 0.120 e. The van der Waals surface area contributed by atoms with Crippen molar-refractivity contribution < 1.29 is 4.74 Å². The second kappa shape index (κ2) is 6.04. The Morgan fingerprint density at radius 2 is 2.15 bits per heavy atom. The predicted molar refractivity (Wildman–Crippen MR) is 83.6 cm³/mol. The average Bonchev–Trinajstić information content (AvgIpc) is 2.53. The Labute approximate surface area is 122 Å². The molecule has 0 spiro atoms. The number of hydrogen-bond acceptors (Lipinski definition) is 3. The maximum absolute atomic E-state index is 5.38. The first kappa shape index (κ1) is 13.7. The van der Waals surface area contributed by atoms with Crippen LogP contribution in [0, 0.1) is 0 Å². The molecular formula is C17H26N2O. The van der Waals surface area contributed by atoms with Gasteiger partial charge in [-0.05, 0) is 37.9 Å². The molecule has 110 valence electrons. The van der Waals surface area contributed by atoms with Gasteiger partial charge in [0.15, 0.2) is 0 Å². The summed E-state index contributed by atoms with van der Waals surface area (Å²) in [5, 5.41) is 0. The molecule has 0 amide bonds. The molecule has 3 rings (SSSR count). The Kier molecular flexibility index (Phi) is 4.16. The molecule has 2 atom stereocenters. The maximum atomic E-state index is 5.38. The van der Waals surface area contributed by atoms with Crippen LogP contribution in [0.15, 0.2) is 24.3 Å². The molecule has 2 heterocycles. The van der Waals surface area contributed by atoms with Crippen LogP contribution in [0.1, 0.15) is 32.6 Å². The number of piperidine rings is 1. The van der Waals surface area contributed by atoms with Gasteiger partial charge in [0.05, 0.1) is 7.11 Å². The van der Waals surface area contributed by atoms with Gasteiger partial charge in [0, 0.05) is 36.9 Å². The summed E-state index contributed by atoms with van der Waals surface area (Å²) in [4.78, 5) is 5.32. The van der Waals surface area contributed by atoms with E-state index in [1.807, 2.05) is 6.07 Å². The van der Waals surface area contributed by atoms with Crippen molar-refractivity contribution in [1.29, 1.82) is 0 Å². The second-order valence-corrected chi connectivity index (χ2v) is 6.06. The molecule has 0 N–H and O–H groups in total. The monoisotopic (exact) mass is 274 g/mol. The van der Waals surface area contributed by atoms with Crippen LogP contribution in [-0.2, 0) is 0 Å². The number of methoxy groups -OCH3 is 1. The summed E-state index contributed by atoms with van der Waals surface area (Å²) in [6, 6.07) is 9.93. The average molecular weight is 274 g/mol. The van der Waals surface area contributed by atoms with E-state index in [1.165, 1.54) is 51.0 Å². The fourth-order valence-electron chi connectivity index (χ4n) is 3.71. The molecule has 2 aliphatic rings. The maximum Gasteiger partial charge on any atom is 0.120 e. The Hall–Kier alpha value is -1.22. The Morgan fingerprint density at radius 3 is 2.95 bits per heavy atom. The van der Waals surface area contributed by atoms with E-state index in [9.17, 15) is 0 Å². The van der Waals surface area contributed by atoms with Crippen molar-refractivity contribution in [1.82, 2.24) is 4.90 Å². The van der Waals surface area contributed by atoms with Crippen LogP contribution < -0.4 is 9.64 Å². The third-order valence-electron chi connectivity index (χ3n) is 4.90. The standard InChI is InChI=1S/C17H26N2O/c1-3-14-12-18-10-5-4-7-16(18)13-19(14)15-8-6-9-17(11-15)20-2/h6,8-9,11,14,16H,3-5,7,10,12-13H2,1-2H3.